The van der Waals surface area contributed by atoms with Gasteiger partial charge in [-0.3, -0.25) is 20.2 Å². The Kier molecular flexibility index (Phi) is 7.48. The second-order valence-corrected chi connectivity index (χ2v) is 12.0. The number of rotatable bonds is 7. The van der Waals surface area contributed by atoms with Crippen molar-refractivity contribution < 1.29 is 9.85 Å². The lowest BCUT2D eigenvalue weighted by Crippen LogP contribution is -2.28. The van der Waals surface area contributed by atoms with Crippen LogP contribution < -0.4 is 5.01 Å². The largest absolute Gasteiger partial charge is 0.270 e. The maximum atomic E-state index is 11.8. The van der Waals surface area contributed by atoms with E-state index in [1.807, 2.05) is 71.7 Å². The van der Waals surface area contributed by atoms with Crippen LogP contribution in [0.25, 0.3) is 27.8 Å². The Morgan fingerprint density at radius 3 is 2.18 bits per heavy atom. The van der Waals surface area contributed by atoms with Gasteiger partial charge in [0.15, 0.2) is 0 Å². The molecule has 1 aliphatic carbocycles. The van der Waals surface area contributed by atoms with Gasteiger partial charge in [-0.05, 0) is 47.6 Å². The summed E-state index contributed by atoms with van der Waals surface area (Å²) in [5.41, 5.74) is 6.37. The molecule has 2 unspecified atom stereocenters. The molecule has 0 spiro atoms. The minimum absolute atomic E-state index is 0.0261. The van der Waals surface area contributed by atoms with E-state index >= 15 is 0 Å². The van der Waals surface area contributed by atoms with Gasteiger partial charge in [0.25, 0.3) is 11.4 Å². The molecule has 0 saturated heterocycles. The Hall–Kier alpha value is -5.48. The summed E-state index contributed by atoms with van der Waals surface area (Å²) in [6, 6.07) is 33.2. The number of nitrogens with zero attached hydrogens (tertiary/aromatic N) is 5. The van der Waals surface area contributed by atoms with Crippen LogP contribution in [-0.2, 0) is 0 Å². The molecule has 4 aromatic carbocycles. The Morgan fingerprint density at radius 2 is 1.47 bits per heavy atom. The third kappa shape index (κ3) is 5.51. The zero-order valence-corrected chi connectivity index (χ0v) is 24.8. The highest BCUT2D eigenvalue weighted by atomic mass is 32.1. The first-order valence-corrected chi connectivity index (χ1v) is 15.5. The van der Waals surface area contributed by atoms with Crippen molar-refractivity contribution in [2.45, 2.75) is 25.3 Å². The van der Waals surface area contributed by atoms with Crippen LogP contribution in [0.15, 0.2) is 120 Å². The van der Waals surface area contributed by atoms with Gasteiger partial charge >= 0.3 is 0 Å². The lowest BCUT2D eigenvalue weighted by atomic mass is 9.77. The quantitative estimate of drug-likeness (QED) is 0.134. The van der Waals surface area contributed by atoms with Crippen LogP contribution in [-0.4, -0.2) is 20.5 Å². The highest BCUT2D eigenvalue weighted by Crippen LogP contribution is 2.50. The van der Waals surface area contributed by atoms with Crippen LogP contribution in [0, 0.1) is 26.1 Å². The lowest BCUT2D eigenvalue weighted by Gasteiger charge is -2.29. The molecule has 222 valence electrons. The van der Waals surface area contributed by atoms with E-state index in [-0.39, 0.29) is 28.3 Å². The molecule has 0 radical (unpaired) electrons. The van der Waals surface area contributed by atoms with E-state index in [0.29, 0.717) is 5.13 Å². The van der Waals surface area contributed by atoms with Crippen molar-refractivity contribution in [2.24, 2.45) is 11.0 Å². The fourth-order valence-corrected chi connectivity index (χ4v) is 7.31. The van der Waals surface area contributed by atoms with Crippen molar-refractivity contribution in [1.29, 1.82) is 0 Å². The van der Waals surface area contributed by atoms with Crippen LogP contribution in [0.2, 0.25) is 0 Å². The average Bonchev–Trinajstić information content (AvgIpc) is 3.69. The number of hydrogen-bond acceptors (Lipinski definition) is 8. The molecule has 1 saturated carbocycles. The highest BCUT2D eigenvalue weighted by molar-refractivity contribution is 7.19. The monoisotopic (exact) mass is 613 g/mol. The molecule has 9 nitrogen and oxygen atoms in total. The van der Waals surface area contributed by atoms with E-state index < -0.39 is 4.92 Å². The number of hydrazone groups is 1. The van der Waals surface area contributed by atoms with Crippen molar-refractivity contribution in [1.82, 2.24) is 4.98 Å². The first-order chi connectivity index (χ1) is 22.0. The molecule has 2 heterocycles. The van der Waals surface area contributed by atoms with Gasteiger partial charge in [-0.25, -0.2) is 9.99 Å². The number of nitro groups is 2. The molecule has 2 atom stereocenters. The van der Waals surface area contributed by atoms with E-state index in [0.717, 1.165) is 63.4 Å². The summed E-state index contributed by atoms with van der Waals surface area (Å²) in [5.74, 6) is -0.0463. The number of fused-ring (bicyclic) bond motifs is 1. The zero-order valence-electron chi connectivity index (χ0n) is 24.0. The van der Waals surface area contributed by atoms with Crippen LogP contribution in [0.3, 0.4) is 0 Å². The molecule has 1 fully saturated rings. The van der Waals surface area contributed by atoms with E-state index in [1.165, 1.54) is 12.1 Å². The van der Waals surface area contributed by atoms with Gasteiger partial charge in [0.1, 0.15) is 0 Å². The first kappa shape index (κ1) is 28.3. The predicted molar refractivity (Wildman–Crippen MR) is 177 cm³/mol. The van der Waals surface area contributed by atoms with E-state index in [1.54, 1.807) is 35.6 Å². The van der Waals surface area contributed by atoms with Gasteiger partial charge in [-0.1, -0.05) is 96.3 Å². The zero-order chi connectivity index (χ0) is 30.9. The fraction of sp³-hybridized carbons (Fsp3) is 0.143. The summed E-state index contributed by atoms with van der Waals surface area (Å²) in [5, 5.41) is 31.1. The number of aromatic nitrogens is 1. The topological polar surface area (TPSA) is 115 Å². The Bertz CT molecular complexity index is 1920. The molecule has 0 bridgehead atoms. The molecule has 45 heavy (non-hydrogen) atoms. The Morgan fingerprint density at radius 1 is 0.800 bits per heavy atom. The van der Waals surface area contributed by atoms with Crippen molar-refractivity contribution in [3.05, 3.63) is 146 Å². The normalized spacial score (nSPS) is 18.4. The molecule has 1 aliphatic heterocycles. The standard InChI is InChI=1S/C35H27N5O4S/c41-39(42)28-17-7-10-23(21-28)20-26-15-9-19-30-31(26)37-38(33(30)27-16-8-18-29(22-27)40(43)44)35-36-32(24-11-3-1-4-12-24)34(45-35)25-13-5-2-6-14-25/h1-8,10-14,16-18,20-22,30,33H,9,15,19H2/b26-20+. The van der Waals surface area contributed by atoms with Gasteiger partial charge in [-0.2, -0.15) is 5.10 Å². The molecule has 0 N–H and O–H groups in total. The number of non-ortho nitro benzene ring substituents is 2. The van der Waals surface area contributed by atoms with Crippen molar-refractivity contribution >= 4 is 39.6 Å². The van der Waals surface area contributed by atoms with Gasteiger partial charge in [0.2, 0.25) is 5.13 Å². The van der Waals surface area contributed by atoms with Crippen LogP contribution in [0.4, 0.5) is 16.5 Å². The van der Waals surface area contributed by atoms with Gasteiger partial charge in [-0.15, -0.1) is 0 Å². The molecule has 10 heteroatoms. The molecule has 5 aromatic rings. The maximum absolute atomic E-state index is 11.8. The summed E-state index contributed by atoms with van der Waals surface area (Å²) in [4.78, 5) is 28.7. The van der Waals surface area contributed by atoms with Crippen molar-refractivity contribution in [3.8, 4) is 21.7 Å². The maximum Gasteiger partial charge on any atom is 0.270 e. The Labute approximate surface area is 263 Å². The summed E-state index contributed by atoms with van der Waals surface area (Å²) in [6.45, 7) is 0. The highest BCUT2D eigenvalue weighted by Gasteiger charge is 2.43. The summed E-state index contributed by atoms with van der Waals surface area (Å²) >= 11 is 1.55. The number of thiazole rings is 1. The van der Waals surface area contributed by atoms with Gasteiger partial charge in [0.05, 0.1) is 32.2 Å². The van der Waals surface area contributed by atoms with E-state index in [2.05, 4.69) is 12.1 Å². The molecular formula is C35H27N5O4S. The van der Waals surface area contributed by atoms with Crippen LogP contribution in [0.1, 0.15) is 36.4 Å². The number of allylic oxidation sites excluding steroid dienone is 1. The van der Waals surface area contributed by atoms with Crippen LogP contribution in [0.5, 0.6) is 0 Å². The van der Waals surface area contributed by atoms with E-state index in [4.69, 9.17) is 10.1 Å². The van der Waals surface area contributed by atoms with Crippen molar-refractivity contribution in [2.75, 3.05) is 5.01 Å². The molecule has 0 amide bonds. The lowest BCUT2D eigenvalue weighted by molar-refractivity contribution is -0.385. The summed E-state index contributed by atoms with van der Waals surface area (Å²) in [7, 11) is 0. The Balaban J connectivity index is 1.39. The summed E-state index contributed by atoms with van der Waals surface area (Å²) in [6.07, 6.45) is 4.50. The minimum atomic E-state index is -0.393. The number of hydrogen-bond donors (Lipinski definition) is 0. The second-order valence-electron chi connectivity index (χ2n) is 11.1. The third-order valence-corrected chi connectivity index (χ3v) is 9.34. The smallest absolute Gasteiger partial charge is 0.258 e. The van der Waals surface area contributed by atoms with Crippen LogP contribution >= 0.6 is 11.3 Å². The minimum Gasteiger partial charge on any atom is -0.258 e. The first-order valence-electron chi connectivity index (χ1n) is 14.7. The number of nitro benzene ring substituents is 2. The number of anilines is 1. The number of benzene rings is 4. The molecule has 1 aromatic heterocycles. The second kappa shape index (κ2) is 11.9. The van der Waals surface area contributed by atoms with E-state index in [9.17, 15) is 20.2 Å². The van der Waals surface area contributed by atoms with Gasteiger partial charge < -0.3 is 0 Å². The predicted octanol–water partition coefficient (Wildman–Crippen LogP) is 9.09. The molecule has 2 aliphatic rings. The van der Waals surface area contributed by atoms with Gasteiger partial charge in [0, 0.05) is 35.7 Å². The SMILES string of the molecule is O=[N+]([O-])c1cccc(/C=C2\CCCC3C2=NN(c2nc(-c4ccccc4)c(-c4ccccc4)s2)C3c2cccc([N+](=O)[O-])c2)c1. The summed E-state index contributed by atoms with van der Waals surface area (Å²) < 4.78 is 0. The molecular weight excluding hydrogens is 586 g/mol. The van der Waals surface area contributed by atoms with Crippen molar-refractivity contribution in [3.63, 3.8) is 0 Å². The average molecular weight is 614 g/mol. The fourth-order valence-electron chi connectivity index (χ4n) is 6.23. The third-order valence-electron chi connectivity index (χ3n) is 8.24. The molecule has 7 rings (SSSR count).